The topological polar surface area (TPSA) is 302 Å². The Balaban J connectivity index is 0.000000185. The molecular formula is C66H75N12O10P. The van der Waals surface area contributed by atoms with E-state index in [1.807, 2.05) is 77.9 Å². The summed E-state index contributed by atoms with van der Waals surface area (Å²) in [7, 11) is -3.13. The molecule has 23 heteroatoms. The van der Waals surface area contributed by atoms with Crippen LogP contribution in [0.15, 0.2) is 158 Å². The zero-order valence-corrected chi connectivity index (χ0v) is 52.0. The van der Waals surface area contributed by atoms with E-state index in [-0.39, 0.29) is 35.1 Å². The molecule has 8 aromatic rings. The average Bonchev–Trinajstić information content (AvgIpc) is 1.78. The van der Waals surface area contributed by atoms with E-state index < -0.39 is 36.8 Å². The molecule has 2 saturated heterocycles. The third-order valence-electron chi connectivity index (χ3n) is 14.2. The number of amides is 4. The molecule has 4 amide bonds. The third kappa shape index (κ3) is 16.7. The minimum absolute atomic E-state index is 0.166. The largest absolute Gasteiger partial charge is 0.444 e. The van der Waals surface area contributed by atoms with Crippen LogP contribution in [0.1, 0.15) is 159 Å². The number of imidazole rings is 2. The molecule has 0 saturated carbocycles. The number of likely N-dealkylation sites (tertiary alicyclic amines) is 2. The van der Waals surface area contributed by atoms with Gasteiger partial charge in [-0.1, -0.05) is 72.8 Å². The summed E-state index contributed by atoms with van der Waals surface area (Å²) in [5.41, 5.74) is 2.44. The molecule has 10 rings (SSSR count). The molecular weight excluding hydrogens is 1150 g/mol. The first-order chi connectivity index (χ1) is 42.4. The van der Waals surface area contributed by atoms with Gasteiger partial charge in [-0.15, -0.1) is 0 Å². The number of ketones is 2. The number of H-pyrrole nitrogens is 1. The van der Waals surface area contributed by atoms with Crippen LogP contribution in [0.3, 0.4) is 0 Å². The number of nitrogens with zero attached hydrogens (tertiary/aromatic N) is 7. The number of benzene rings is 4. The van der Waals surface area contributed by atoms with Gasteiger partial charge >= 0.3 is 12.2 Å². The molecule has 4 aromatic heterocycles. The highest BCUT2D eigenvalue weighted by Crippen LogP contribution is 2.42. The fourth-order valence-electron chi connectivity index (χ4n) is 10.1. The van der Waals surface area contributed by atoms with Crippen molar-refractivity contribution in [3.63, 3.8) is 0 Å². The van der Waals surface area contributed by atoms with Crippen LogP contribution in [-0.2, 0) is 18.7 Å². The van der Waals surface area contributed by atoms with Crippen molar-refractivity contribution in [1.82, 2.24) is 39.4 Å². The van der Waals surface area contributed by atoms with E-state index in [1.165, 1.54) is 18.5 Å². The zero-order valence-electron chi connectivity index (χ0n) is 51.1. The van der Waals surface area contributed by atoms with Crippen molar-refractivity contribution in [3.05, 3.63) is 192 Å². The van der Waals surface area contributed by atoms with Gasteiger partial charge in [-0.2, -0.15) is 0 Å². The molecule has 89 heavy (non-hydrogen) atoms. The zero-order chi connectivity index (χ0) is 64.0. The first-order valence-electron chi connectivity index (χ1n) is 29.2. The predicted molar refractivity (Wildman–Crippen MR) is 340 cm³/mol. The van der Waals surface area contributed by atoms with Gasteiger partial charge in [0.1, 0.15) is 45.7 Å². The maximum atomic E-state index is 13.0. The minimum Gasteiger partial charge on any atom is -0.444 e. The number of aromatic nitrogens is 6. The summed E-state index contributed by atoms with van der Waals surface area (Å²) in [5.74, 6) is 12.5. The van der Waals surface area contributed by atoms with Gasteiger partial charge in [0, 0.05) is 72.2 Å². The van der Waals surface area contributed by atoms with E-state index in [9.17, 15) is 33.3 Å². The molecule has 6 heterocycles. The number of aromatic amines is 1. The summed E-state index contributed by atoms with van der Waals surface area (Å²) in [4.78, 5) is 100. The van der Waals surface area contributed by atoms with Crippen molar-refractivity contribution >= 4 is 65.2 Å². The summed E-state index contributed by atoms with van der Waals surface area (Å²) in [5, 5.41) is 6.69. The molecule has 0 spiro atoms. The van der Waals surface area contributed by atoms with Crippen LogP contribution >= 0.6 is 7.37 Å². The molecule has 22 nitrogen and oxygen atoms in total. The number of ether oxygens (including phenoxy) is 2. The molecule has 4 aromatic carbocycles. The number of anilines is 2. The normalized spacial score (nSPS) is 15.0. The number of nitrogen functional groups attached to an aromatic ring is 1. The van der Waals surface area contributed by atoms with Gasteiger partial charge in [0.05, 0.1) is 17.8 Å². The number of carbonyl (C=O) groups excluding carboxylic acids is 6. The number of pyridine rings is 2. The molecule has 0 unspecified atom stereocenters. The fraction of sp³-hybridized carbons (Fsp3) is 0.303. The summed E-state index contributed by atoms with van der Waals surface area (Å²) in [6, 6.07) is 41.4. The SMILES string of the molecule is CC(=O)c1[nH]c([C@@H]2CCCCN2C(=O)OC(C)(C)C)nc1-c1ccc(C(=O)Nc2ccccn2)cc1.CC(=O)c1c(-c2ccc(C(=O)Nc3ccccn3)cc2)nc([C@@H]2CCCCN2C(=O)OC(C)(C)C)n1N.NOP(=O)(c1ccccc1)c1ccccc1. The van der Waals surface area contributed by atoms with E-state index in [0.717, 1.165) is 32.1 Å². The van der Waals surface area contributed by atoms with Crippen molar-refractivity contribution in [3.8, 4) is 22.5 Å². The van der Waals surface area contributed by atoms with E-state index in [0.29, 0.717) is 92.7 Å². The standard InChI is InChI=1S/C27H32N6O4.C27H31N5O4.C12H12NO2P/c1-17(34)23-22(18-11-13-19(14-12-18)25(35)30-21-10-5-7-15-29-21)31-24(33(23)28)20-9-6-8-16-32(20)26(36)37-27(2,3)4;1-17(33)22-23(18-11-13-19(14-12-18)25(34)29-21-10-5-7-15-28-21)31-24(30-22)20-9-6-8-16-32(20)26(35)36-27(2,3)4;13-15-16(14,11-7-3-1-4-8-11)12-9-5-2-6-10-12/h5,7,10-15,20H,6,8-9,16,28H2,1-4H3,(H,29,30,35);5,7,10-15,20H,6,8-9,16H2,1-4H3,(H,30,31)(H,28,29,34);1-10H,13H2/t2*20-;/m00./s1. The smallest absolute Gasteiger partial charge is 0.410 e. The molecule has 0 aliphatic carbocycles. The lowest BCUT2D eigenvalue weighted by Gasteiger charge is -2.36. The van der Waals surface area contributed by atoms with Gasteiger partial charge in [0.2, 0.25) is 0 Å². The quantitative estimate of drug-likeness (QED) is 0.0310. The Morgan fingerprint density at radius 1 is 0.562 bits per heavy atom. The van der Waals surface area contributed by atoms with Crippen molar-refractivity contribution in [2.45, 2.75) is 117 Å². The molecule has 2 fully saturated rings. The van der Waals surface area contributed by atoms with E-state index >= 15 is 0 Å². The predicted octanol–water partition coefficient (Wildman–Crippen LogP) is 11.8. The van der Waals surface area contributed by atoms with Crippen molar-refractivity contribution < 1.29 is 47.4 Å². The lowest BCUT2D eigenvalue weighted by atomic mass is 10.0. The van der Waals surface area contributed by atoms with Crippen LogP contribution in [0.4, 0.5) is 21.2 Å². The first kappa shape index (κ1) is 65.3. The van der Waals surface area contributed by atoms with Crippen LogP contribution < -0.4 is 33.0 Å². The number of rotatable bonds is 13. The number of Topliss-reactive ketones (excluding diaryl/α,β-unsaturated/α-hetero) is 2. The minimum atomic E-state index is -3.13. The Bertz CT molecular complexity index is 3750. The van der Waals surface area contributed by atoms with Crippen molar-refractivity contribution in [2.24, 2.45) is 5.90 Å². The maximum Gasteiger partial charge on any atom is 0.410 e. The molecule has 464 valence electrons. The van der Waals surface area contributed by atoms with E-state index in [2.05, 4.69) is 25.6 Å². The summed E-state index contributed by atoms with van der Waals surface area (Å²) >= 11 is 0. The Morgan fingerprint density at radius 2 is 1.00 bits per heavy atom. The highest BCUT2D eigenvalue weighted by atomic mass is 31.2. The lowest BCUT2D eigenvalue weighted by molar-refractivity contribution is 0.00739. The monoisotopic (exact) mass is 1230 g/mol. The second-order valence-corrected chi connectivity index (χ2v) is 25.5. The highest BCUT2D eigenvalue weighted by Gasteiger charge is 2.37. The van der Waals surface area contributed by atoms with Gasteiger partial charge in [0.15, 0.2) is 17.4 Å². The number of nitrogens with two attached hydrogens (primary N) is 2. The molecule has 0 radical (unpaired) electrons. The van der Waals surface area contributed by atoms with Crippen LogP contribution in [-0.4, -0.2) is 99.3 Å². The molecule has 2 aliphatic heterocycles. The fourth-order valence-corrected chi connectivity index (χ4v) is 11.7. The van der Waals surface area contributed by atoms with Crippen LogP contribution in [0.5, 0.6) is 0 Å². The molecule has 2 aliphatic rings. The Hall–Kier alpha value is -9.63. The Morgan fingerprint density at radius 3 is 1.42 bits per heavy atom. The van der Waals surface area contributed by atoms with Crippen molar-refractivity contribution in [2.75, 3.05) is 29.6 Å². The van der Waals surface area contributed by atoms with Gasteiger partial charge in [0.25, 0.3) is 19.2 Å². The van der Waals surface area contributed by atoms with Crippen LogP contribution in [0, 0.1) is 0 Å². The first-order valence-corrected chi connectivity index (χ1v) is 30.8. The van der Waals surface area contributed by atoms with Gasteiger partial charge < -0.3 is 30.9 Å². The summed E-state index contributed by atoms with van der Waals surface area (Å²) in [6.45, 7) is 14.9. The third-order valence-corrected chi connectivity index (χ3v) is 16.5. The summed E-state index contributed by atoms with van der Waals surface area (Å²) in [6.07, 6.45) is 7.30. The van der Waals surface area contributed by atoms with Crippen LogP contribution in [0.2, 0.25) is 0 Å². The number of nitrogens with one attached hydrogen (secondary N) is 3. The van der Waals surface area contributed by atoms with Crippen molar-refractivity contribution in [1.29, 1.82) is 0 Å². The van der Waals surface area contributed by atoms with E-state index in [1.54, 1.807) is 131 Å². The second kappa shape index (κ2) is 28.9. The Kier molecular flexibility index (Phi) is 21.2. The molecule has 0 bridgehead atoms. The van der Waals surface area contributed by atoms with Gasteiger partial charge in [-0.3, -0.25) is 33.5 Å². The summed E-state index contributed by atoms with van der Waals surface area (Å²) < 4.78 is 29.9. The number of hydrogen-bond acceptors (Lipinski definition) is 16. The van der Waals surface area contributed by atoms with Gasteiger partial charge in [-0.25, -0.2) is 44.7 Å². The van der Waals surface area contributed by atoms with E-state index in [4.69, 9.17) is 35.8 Å². The lowest BCUT2D eigenvalue weighted by Crippen LogP contribution is -2.43. The molecule has 2 atom stereocenters. The van der Waals surface area contributed by atoms with Gasteiger partial charge in [-0.05, 0) is 153 Å². The Labute approximate surface area is 517 Å². The number of hydrogen-bond donors (Lipinski definition) is 5. The maximum absolute atomic E-state index is 13.0. The number of piperidine rings is 2. The molecule has 7 N–H and O–H groups in total. The second-order valence-electron chi connectivity index (χ2n) is 23.2. The van der Waals surface area contributed by atoms with Crippen LogP contribution in [0.25, 0.3) is 22.5 Å². The average molecular weight is 1230 g/mol. The highest BCUT2D eigenvalue weighted by molar-refractivity contribution is 7.74. The number of carbonyl (C=O) groups is 6.